The van der Waals surface area contributed by atoms with Gasteiger partial charge in [-0.1, -0.05) is 0 Å². The van der Waals surface area contributed by atoms with Crippen LogP contribution >= 0.6 is 0 Å². The molecule has 0 amide bonds. The number of hydrogen-bond donors (Lipinski definition) is 1. The number of allylic oxidation sites excluding steroid dienone is 5. The molecule has 1 heterocycles. The third-order valence-corrected chi connectivity index (χ3v) is 3.07. The van der Waals surface area contributed by atoms with Gasteiger partial charge >= 0.3 is 93.3 Å². The van der Waals surface area contributed by atoms with Crippen LogP contribution in [0.2, 0.25) is 0 Å². The van der Waals surface area contributed by atoms with Gasteiger partial charge in [0.25, 0.3) is 0 Å². The Morgan fingerprint density at radius 2 is 1.84 bits per heavy atom. The van der Waals surface area contributed by atoms with Gasteiger partial charge in [-0.2, -0.15) is 0 Å². The minimum absolute atomic E-state index is 1.00. The molecule has 1 N–H and O–H groups in total. The molecule has 94 valence electrons. The Morgan fingerprint density at radius 1 is 1.11 bits per heavy atom. The summed E-state index contributed by atoms with van der Waals surface area (Å²) in [5.41, 5.74) is 2.36. The summed E-state index contributed by atoms with van der Waals surface area (Å²) in [7, 11) is 0. The van der Waals surface area contributed by atoms with Gasteiger partial charge in [0.2, 0.25) is 0 Å². The number of nitrogens with one attached hydrogen (secondary N) is 1. The molecule has 3 rings (SSSR count). The zero-order valence-corrected chi connectivity index (χ0v) is 11.4. The van der Waals surface area contributed by atoms with Crippen molar-refractivity contribution >= 4 is 23.4 Å². The van der Waals surface area contributed by atoms with E-state index < -0.39 is 0 Å². The Hall–Kier alpha value is -1.20. The van der Waals surface area contributed by atoms with Gasteiger partial charge in [0.15, 0.2) is 0 Å². The van der Waals surface area contributed by atoms with Crippen molar-refractivity contribution in [1.29, 1.82) is 0 Å². The van der Waals surface area contributed by atoms with Crippen LogP contribution in [0.25, 0.3) is 0 Å². The summed E-state index contributed by atoms with van der Waals surface area (Å²) in [5.74, 6) is 0. The first-order valence-electron chi connectivity index (χ1n) is 6.81. The van der Waals surface area contributed by atoms with Gasteiger partial charge in [-0.15, -0.1) is 0 Å². The van der Waals surface area contributed by atoms with Crippen molar-refractivity contribution in [2.45, 2.75) is 12.8 Å². The Balaban J connectivity index is 0.000000224. The summed E-state index contributed by atoms with van der Waals surface area (Å²) in [4.78, 5) is 0. The Bertz CT molecular complexity index is 465. The summed E-state index contributed by atoms with van der Waals surface area (Å²) in [6.07, 6.45) is 10.9. The fourth-order valence-electron chi connectivity index (χ4n) is 1.89. The van der Waals surface area contributed by atoms with E-state index in [0.717, 1.165) is 18.9 Å². The van der Waals surface area contributed by atoms with Crippen molar-refractivity contribution in [3.8, 4) is 0 Å². The van der Waals surface area contributed by atoms with Gasteiger partial charge < -0.3 is 4.74 Å². The van der Waals surface area contributed by atoms with Gasteiger partial charge in [0.1, 0.15) is 0 Å². The molecule has 19 heavy (non-hydrogen) atoms. The molecule has 1 aliphatic carbocycles. The van der Waals surface area contributed by atoms with Crippen molar-refractivity contribution in [1.82, 2.24) is 0 Å². The number of hydrogen-bond acceptors (Lipinski definition) is 2. The van der Waals surface area contributed by atoms with Crippen molar-refractivity contribution in [2.24, 2.45) is 0 Å². The molecule has 2 nitrogen and oxygen atoms in total. The molecule has 1 aromatic rings. The van der Waals surface area contributed by atoms with Crippen LogP contribution in [0.15, 0.2) is 64.6 Å². The zero-order valence-electron chi connectivity index (χ0n) is 11.4. The molecular weight excluding hydrogens is 229 g/mol. The monoisotopic (exact) mass is 247 g/mol. The summed E-state index contributed by atoms with van der Waals surface area (Å²) >= 11 is 2.11. The quantitative estimate of drug-likeness (QED) is 0.809. The maximum absolute atomic E-state index is 4.94. The first-order valence-corrected chi connectivity index (χ1v) is 6.81. The molecule has 1 aromatic carbocycles. The molecule has 0 saturated carbocycles. The molecule has 1 saturated heterocycles. The number of anilines is 1. The molecule has 3 heteroatoms. The standard InChI is InChI=1S/C12H10N.C4H8O.Li/c1-2-8-12(9-3-1)13-10-11-6-4-5-7-11;1-2-4-5-3-1;/h1-6,8-10,13H;1-4H2;. The Kier molecular flexibility index (Phi) is 6.03. The number of ether oxygens (including phenoxy) is 1. The van der Waals surface area contributed by atoms with Crippen LogP contribution in [-0.2, 0) is 4.74 Å². The number of rotatable bonds is 2. The summed E-state index contributed by atoms with van der Waals surface area (Å²) in [6, 6.07) is 10.2. The van der Waals surface area contributed by atoms with Crippen LogP contribution in [0.4, 0.5) is 5.69 Å². The van der Waals surface area contributed by atoms with Crippen LogP contribution in [0.1, 0.15) is 12.8 Å². The van der Waals surface area contributed by atoms with E-state index >= 15 is 0 Å². The Labute approximate surface area is 124 Å². The topological polar surface area (TPSA) is 21.3 Å². The molecule has 2 aliphatic rings. The van der Waals surface area contributed by atoms with E-state index in [9.17, 15) is 0 Å². The molecule has 1 fully saturated rings. The van der Waals surface area contributed by atoms with E-state index in [2.05, 4.69) is 53.4 Å². The number of benzene rings is 1. The summed E-state index contributed by atoms with van der Waals surface area (Å²) < 4.78 is 6.24. The molecule has 0 bridgehead atoms. The first kappa shape index (κ1) is 14.2. The van der Waals surface area contributed by atoms with Gasteiger partial charge in [0, 0.05) is 13.2 Å². The predicted molar refractivity (Wildman–Crippen MR) is 81.2 cm³/mol. The van der Waals surface area contributed by atoms with E-state index in [1.165, 1.54) is 22.7 Å². The fraction of sp³-hybridized carbons (Fsp3) is 0.250. The van der Waals surface area contributed by atoms with E-state index in [4.69, 9.17) is 4.74 Å². The van der Waals surface area contributed by atoms with E-state index in [0.29, 0.717) is 0 Å². The molecular formula is C16H18LiNO. The molecule has 0 aromatic heterocycles. The van der Waals surface area contributed by atoms with Crippen molar-refractivity contribution in [3.63, 3.8) is 0 Å². The summed E-state index contributed by atoms with van der Waals surface area (Å²) in [6.45, 7) is 2.00. The minimum atomic E-state index is 1.00. The van der Waals surface area contributed by atoms with E-state index in [1.807, 2.05) is 24.4 Å². The van der Waals surface area contributed by atoms with Crippen molar-refractivity contribution < 1.29 is 4.74 Å². The van der Waals surface area contributed by atoms with Gasteiger partial charge in [0.05, 0.1) is 0 Å². The third-order valence-electron chi connectivity index (χ3n) is 3.07. The van der Waals surface area contributed by atoms with Crippen LogP contribution in [0.3, 0.4) is 0 Å². The maximum atomic E-state index is 4.94. The second-order valence-corrected chi connectivity index (χ2v) is 4.64. The third kappa shape index (κ3) is 5.12. The molecule has 0 spiro atoms. The average Bonchev–Trinajstić information content (AvgIpc) is 3.12. The second kappa shape index (κ2) is 8.07. The first-order chi connectivity index (χ1) is 9.36. The predicted octanol–water partition coefficient (Wildman–Crippen LogP) is 3.40. The van der Waals surface area contributed by atoms with Crippen molar-refractivity contribution in [2.75, 3.05) is 18.5 Å². The summed E-state index contributed by atoms with van der Waals surface area (Å²) in [5, 5.41) is 3.26. The van der Waals surface area contributed by atoms with Crippen LogP contribution in [-0.4, -0.2) is 30.9 Å². The Morgan fingerprint density at radius 3 is 2.37 bits per heavy atom. The zero-order chi connectivity index (χ0) is 13.3. The molecule has 0 unspecified atom stereocenters. The molecule has 0 atom stereocenters. The van der Waals surface area contributed by atoms with Gasteiger partial charge in [-0.3, -0.25) is 0 Å². The molecule has 0 radical (unpaired) electrons. The van der Waals surface area contributed by atoms with Crippen LogP contribution in [0, 0.1) is 0 Å². The van der Waals surface area contributed by atoms with Crippen molar-refractivity contribution in [3.05, 3.63) is 64.6 Å². The SMILES string of the molecule is C1CCOC1.[Li][C]1=CC=CC1=CNc1ccccc1. The van der Waals surface area contributed by atoms with Crippen LogP contribution in [0.5, 0.6) is 0 Å². The normalized spacial score (nSPS) is 19.1. The average molecular weight is 247 g/mol. The van der Waals surface area contributed by atoms with Crippen LogP contribution < -0.4 is 5.32 Å². The number of para-hydroxylation sites is 1. The van der Waals surface area contributed by atoms with Gasteiger partial charge in [-0.05, 0) is 12.8 Å². The van der Waals surface area contributed by atoms with Gasteiger partial charge in [-0.25, -0.2) is 0 Å². The van der Waals surface area contributed by atoms with E-state index in [-0.39, 0.29) is 0 Å². The fourth-order valence-corrected chi connectivity index (χ4v) is 1.89. The second-order valence-electron chi connectivity index (χ2n) is 4.64. The molecule has 1 aliphatic heterocycles. The van der Waals surface area contributed by atoms with E-state index in [1.54, 1.807) is 0 Å².